The Morgan fingerprint density at radius 3 is 2.40 bits per heavy atom. The van der Waals surface area contributed by atoms with E-state index < -0.39 is 24.2 Å². The highest BCUT2D eigenvalue weighted by molar-refractivity contribution is 9.10. The Hall–Kier alpha value is -2.06. The van der Waals surface area contributed by atoms with Gasteiger partial charge in [0, 0.05) is 4.47 Å². The van der Waals surface area contributed by atoms with Crippen LogP contribution in [0.25, 0.3) is 0 Å². The highest BCUT2D eigenvalue weighted by Gasteiger charge is 2.55. The topological polar surface area (TPSA) is 58.6 Å². The second-order valence-corrected chi connectivity index (χ2v) is 6.11. The summed E-state index contributed by atoms with van der Waals surface area (Å²) in [6, 6.07) is 11.1. The second-order valence-electron chi connectivity index (χ2n) is 5.25. The van der Waals surface area contributed by atoms with Gasteiger partial charge in [0.15, 0.2) is 0 Å². The van der Waals surface area contributed by atoms with Crippen LogP contribution in [0, 0.1) is 0 Å². The van der Waals surface area contributed by atoms with E-state index in [-0.39, 0.29) is 11.1 Å². The normalized spacial score (nSPS) is 13.8. The summed E-state index contributed by atoms with van der Waals surface area (Å²) >= 11 is 3.16. The van der Waals surface area contributed by atoms with Gasteiger partial charge in [0.2, 0.25) is 5.60 Å². The molecule has 0 aliphatic carbocycles. The summed E-state index contributed by atoms with van der Waals surface area (Å²) in [5.74, 6) is -0.396. The second kappa shape index (κ2) is 7.45. The molecule has 2 N–H and O–H groups in total. The van der Waals surface area contributed by atoms with Crippen LogP contribution in [0.15, 0.2) is 53.0 Å². The van der Waals surface area contributed by atoms with Gasteiger partial charge in [-0.2, -0.15) is 13.2 Å². The van der Waals surface area contributed by atoms with Crippen LogP contribution in [0.1, 0.15) is 15.9 Å². The van der Waals surface area contributed by atoms with Gasteiger partial charge in [0.1, 0.15) is 5.75 Å². The average molecular weight is 418 g/mol. The molecule has 0 saturated heterocycles. The Morgan fingerprint density at radius 1 is 1.20 bits per heavy atom. The molecule has 1 atom stereocenters. The number of methoxy groups -OCH3 is 1. The molecule has 4 nitrogen and oxygen atoms in total. The molecule has 0 aliphatic heterocycles. The van der Waals surface area contributed by atoms with Gasteiger partial charge in [-0.3, -0.25) is 4.79 Å². The monoisotopic (exact) mass is 417 g/mol. The van der Waals surface area contributed by atoms with Crippen LogP contribution >= 0.6 is 15.9 Å². The van der Waals surface area contributed by atoms with Crippen LogP contribution in [-0.4, -0.2) is 30.8 Å². The first-order valence-corrected chi connectivity index (χ1v) is 7.94. The molecule has 0 fully saturated rings. The van der Waals surface area contributed by atoms with E-state index in [4.69, 9.17) is 4.74 Å². The van der Waals surface area contributed by atoms with Crippen LogP contribution in [0.5, 0.6) is 5.75 Å². The summed E-state index contributed by atoms with van der Waals surface area (Å²) in [4.78, 5) is 12.3. The molecule has 8 heteroatoms. The van der Waals surface area contributed by atoms with Gasteiger partial charge in [-0.05, 0) is 39.7 Å². The molecule has 0 aliphatic rings. The van der Waals surface area contributed by atoms with Crippen molar-refractivity contribution in [2.45, 2.75) is 11.8 Å². The lowest BCUT2D eigenvalue weighted by Gasteiger charge is -2.31. The maximum Gasteiger partial charge on any atom is 0.423 e. The predicted octanol–water partition coefficient (Wildman–Crippen LogP) is 3.64. The molecule has 1 amide bonds. The van der Waals surface area contributed by atoms with Crippen molar-refractivity contribution in [3.8, 4) is 5.75 Å². The molecule has 2 rings (SSSR count). The van der Waals surface area contributed by atoms with E-state index in [0.29, 0.717) is 10.2 Å². The number of halogens is 4. The minimum Gasteiger partial charge on any atom is -0.497 e. The van der Waals surface area contributed by atoms with Crippen molar-refractivity contribution >= 4 is 21.8 Å². The third kappa shape index (κ3) is 4.13. The number of hydrogen-bond donors (Lipinski definition) is 2. The fourth-order valence-corrected chi connectivity index (χ4v) is 2.62. The van der Waals surface area contributed by atoms with Crippen molar-refractivity contribution in [3.05, 3.63) is 64.1 Å². The highest BCUT2D eigenvalue weighted by atomic mass is 79.9. The number of carbonyl (C=O) groups excluding carboxylic acids is 1. The summed E-state index contributed by atoms with van der Waals surface area (Å²) in [6.07, 6.45) is -4.97. The lowest BCUT2D eigenvalue weighted by Crippen LogP contribution is -2.51. The smallest absolute Gasteiger partial charge is 0.423 e. The number of alkyl halides is 3. The lowest BCUT2D eigenvalue weighted by molar-refractivity contribution is -0.263. The molecule has 1 unspecified atom stereocenters. The van der Waals surface area contributed by atoms with Gasteiger partial charge < -0.3 is 15.2 Å². The molecular formula is C17H15BrF3NO3. The maximum absolute atomic E-state index is 13.4. The molecule has 2 aromatic carbocycles. The van der Waals surface area contributed by atoms with E-state index in [9.17, 15) is 23.1 Å². The van der Waals surface area contributed by atoms with Gasteiger partial charge in [0.05, 0.1) is 19.2 Å². The Balaban J connectivity index is 2.26. The van der Waals surface area contributed by atoms with E-state index in [1.54, 1.807) is 12.1 Å². The summed E-state index contributed by atoms with van der Waals surface area (Å²) < 4.78 is 45.6. The molecule has 25 heavy (non-hydrogen) atoms. The van der Waals surface area contributed by atoms with Gasteiger partial charge in [-0.1, -0.05) is 30.3 Å². The van der Waals surface area contributed by atoms with E-state index in [1.165, 1.54) is 31.4 Å². The van der Waals surface area contributed by atoms with Crippen molar-refractivity contribution in [1.82, 2.24) is 5.32 Å². The first-order chi connectivity index (χ1) is 11.7. The largest absolute Gasteiger partial charge is 0.497 e. The van der Waals surface area contributed by atoms with E-state index in [1.807, 2.05) is 0 Å². The van der Waals surface area contributed by atoms with Crippen LogP contribution in [0.2, 0.25) is 0 Å². The maximum atomic E-state index is 13.4. The quantitative estimate of drug-likeness (QED) is 0.780. The standard InChI is InChI=1S/C17H15BrF3NO3/c1-25-12-7-8-14(18)13(9-12)15(23)22-10-16(24,17(19,20)21)11-5-3-2-4-6-11/h2-9,24H,10H2,1H3,(H,22,23). The number of ether oxygens (including phenoxy) is 1. The van der Waals surface area contributed by atoms with Crippen molar-refractivity contribution in [1.29, 1.82) is 0 Å². The molecular weight excluding hydrogens is 403 g/mol. The van der Waals surface area contributed by atoms with Crippen LogP contribution < -0.4 is 10.1 Å². The number of aliphatic hydroxyl groups is 1. The Morgan fingerprint density at radius 2 is 1.84 bits per heavy atom. The minimum absolute atomic E-state index is 0.0944. The summed E-state index contributed by atoms with van der Waals surface area (Å²) in [5, 5.41) is 12.4. The SMILES string of the molecule is COc1ccc(Br)c(C(=O)NCC(O)(c2ccccc2)C(F)(F)F)c1. The van der Waals surface area contributed by atoms with Gasteiger partial charge >= 0.3 is 6.18 Å². The van der Waals surface area contributed by atoms with Crippen LogP contribution in [-0.2, 0) is 5.60 Å². The van der Waals surface area contributed by atoms with Crippen LogP contribution in [0.3, 0.4) is 0 Å². The molecule has 0 saturated carbocycles. The number of hydrogen-bond acceptors (Lipinski definition) is 3. The predicted molar refractivity (Wildman–Crippen MR) is 89.4 cm³/mol. The van der Waals surface area contributed by atoms with Crippen molar-refractivity contribution in [3.63, 3.8) is 0 Å². The van der Waals surface area contributed by atoms with Crippen molar-refractivity contribution in [2.24, 2.45) is 0 Å². The van der Waals surface area contributed by atoms with E-state index in [0.717, 1.165) is 12.1 Å². The Kier molecular flexibility index (Phi) is 5.74. The molecule has 0 aromatic heterocycles. The molecule has 0 heterocycles. The third-order valence-corrected chi connectivity index (χ3v) is 4.33. The number of benzene rings is 2. The lowest BCUT2D eigenvalue weighted by atomic mass is 9.93. The Bertz CT molecular complexity index is 753. The molecule has 0 radical (unpaired) electrons. The number of amides is 1. The number of rotatable bonds is 5. The first kappa shape index (κ1) is 19.3. The van der Waals surface area contributed by atoms with Crippen molar-refractivity contribution < 1.29 is 27.8 Å². The fraction of sp³-hybridized carbons (Fsp3) is 0.235. The van der Waals surface area contributed by atoms with Gasteiger partial charge in [-0.25, -0.2) is 0 Å². The zero-order valence-electron chi connectivity index (χ0n) is 13.1. The van der Waals surface area contributed by atoms with Crippen molar-refractivity contribution in [2.75, 3.05) is 13.7 Å². The zero-order valence-corrected chi connectivity index (χ0v) is 14.7. The number of nitrogens with one attached hydrogen (secondary N) is 1. The average Bonchev–Trinajstić information content (AvgIpc) is 2.59. The molecule has 2 aromatic rings. The zero-order chi connectivity index (χ0) is 18.7. The minimum atomic E-state index is -4.97. The summed E-state index contributed by atoms with van der Waals surface area (Å²) in [6.45, 7) is -1.02. The number of carbonyl (C=O) groups is 1. The Labute approximate surface area is 150 Å². The third-order valence-electron chi connectivity index (χ3n) is 3.64. The van der Waals surface area contributed by atoms with E-state index >= 15 is 0 Å². The van der Waals surface area contributed by atoms with Gasteiger partial charge in [-0.15, -0.1) is 0 Å². The highest BCUT2D eigenvalue weighted by Crippen LogP contribution is 2.38. The van der Waals surface area contributed by atoms with Gasteiger partial charge in [0.25, 0.3) is 5.91 Å². The van der Waals surface area contributed by atoms with Crippen LogP contribution in [0.4, 0.5) is 13.2 Å². The summed E-state index contributed by atoms with van der Waals surface area (Å²) in [5.41, 5.74) is -3.46. The summed E-state index contributed by atoms with van der Waals surface area (Å²) in [7, 11) is 1.41. The first-order valence-electron chi connectivity index (χ1n) is 7.15. The fourth-order valence-electron chi connectivity index (χ4n) is 2.19. The molecule has 0 spiro atoms. The van der Waals surface area contributed by atoms with E-state index in [2.05, 4.69) is 21.2 Å². The molecule has 0 bridgehead atoms. The molecule has 134 valence electrons.